The van der Waals surface area contributed by atoms with Crippen LogP contribution in [0.25, 0.3) is 0 Å². The zero-order chi connectivity index (χ0) is 19.9. The van der Waals surface area contributed by atoms with Crippen molar-refractivity contribution in [1.82, 2.24) is 10.3 Å². The number of benzene rings is 2. The number of anilines is 2. The first kappa shape index (κ1) is 19.6. The topological polar surface area (TPSA) is 83.1 Å². The summed E-state index contributed by atoms with van der Waals surface area (Å²) in [5.41, 5.74) is 4.63. The van der Waals surface area contributed by atoms with Gasteiger partial charge in [0.2, 0.25) is 5.91 Å². The van der Waals surface area contributed by atoms with Crippen LogP contribution in [-0.2, 0) is 17.8 Å². The summed E-state index contributed by atoms with van der Waals surface area (Å²) in [5, 5.41) is 10.6. The Kier molecular flexibility index (Phi) is 6.39. The number of nitrogens with zero attached hydrogens (tertiary/aromatic N) is 1. The highest BCUT2D eigenvalue weighted by Gasteiger charge is 2.10. The van der Waals surface area contributed by atoms with Crippen LogP contribution >= 0.6 is 11.3 Å². The lowest BCUT2D eigenvalue weighted by Gasteiger charge is -2.06. The molecule has 28 heavy (non-hydrogen) atoms. The molecule has 0 aliphatic heterocycles. The number of urea groups is 1. The van der Waals surface area contributed by atoms with E-state index in [0.29, 0.717) is 23.1 Å². The van der Waals surface area contributed by atoms with Crippen molar-refractivity contribution in [1.29, 1.82) is 0 Å². The highest BCUT2D eigenvalue weighted by Crippen LogP contribution is 2.17. The van der Waals surface area contributed by atoms with Crippen LogP contribution in [0.5, 0.6) is 0 Å². The molecular weight excluding hydrogens is 372 g/mol. The van der Waals surface area contributed by atoms with E-state index in [1.807, 2.05) is 62.4 Å². The van der Waals surface area contributed by atoms with Gasteiger partial charge in [-0.15, -0.1) is 11.3 Å². The van der Waals surface area contributed by atoms with Gasteiger partial charge in [-0.05, 0) is 37.1 Å². The molecule has 7 heteroatoms. The maximum atomic E-state index is 12.1. The van der Waals surface area contributed by atoms with E-state index < -0.39 is 0 Å². The molecule has 0 radical (unpaired) electrons. The predicted molar refractivity (Wildman–Crippen MR) is 113 cm³/mol. The van der Waals surface area contributed by atoms with E-state index in [-0.39, 0.29) is 18.4 Å². The molecule has 0 saturated heterocycles. The van der Waals surface area contributed by atoms with Crippen molar-refractivity contribution in [2.75, 3.05) is 10.6 Å². The Bertz CT molecular complexity index is 967. The Labute approximate surface area is 168 Å². The molecule has 2 aromatic carbocycles. The van der Waals surface area contributed by atoms with Gasteiger partial charge in [-0.2, -0.15) is 0 Å². The Balaban J connectivity index is 1.47. The summed E-state index contributed by atoms with van der Waals surface area (Å²) in [6.07, 6.45) is 0.170. The molecular formula is C21H22N4O2S. The first-order chi connectivity index (χ1) is 13.5. The van der Waals surface area contributed by atoms with Gasteiger partial charge in [0.05, 0.1) is 12.1 Å². The number of thiazole rings is 1. The summed E-state index contributed by atoms with van der Waals surface area (Å²) < 4.78 is 0. The van der Waals surface area contributed by atoms with Crippen LogP contribution in [0.3, 0.4) is 0 Å². The predicted octanol–water partition coefficient (Wildman–Crippen LogP) is 4.26. The summed E-state index contributed by atoms with van der Waals surface area (Å²) in [6, 6.07) is 15.2. The van der Waals surface area contributed by atoms with E-state index in [2.05, 4.69) is 20.9 Å². The molecule has 144 valence electrons. The van der Waals surface area contributed by atoms with Crippen LogP contribution < -0.4 is 16.0 Å². The average molecular weight is 395 g/mol. The second-order valence-corrected chi connectivity index (χ2v) is 7.39. The van der Waals surface area contributed by atoms with E-state index in [9.17, 15) is 9.59 Å². The number of aromatic nitrogens is 1. The third kappa shape index (κ3) is 5.92. The van der Waals surface area contributed by atoms with E-state index in [4.69, 9.17) is 0 Å². The Morgan fingerprint density at radius 3 is 2.54 bits per heavy atom. The molecule has 0 bridgehead atoms. The number of hydrogen-bond acceptors (Lipinski definition) is 4. The number of rotatable bonds is 6. The van der Waals surface area contributed by atoms with Gasteiger partial charge in [0.25, 0.3) is 0 Å². The fourth-order valence-electron chi connectivity index (χ4n) is 2.56. The van der Waals surface area contributed by atoms with Gasteiger partial charge in [0.15, 0.2) is 5.13 Å². The summed E-state index contributed by atoms with van der Waals surface area (Å²) in [6.45, 7) is 4.46. The standard InChI is InChI=1S/C21H22N4O2S/c1-14-6-8-16(9-7-14)12-22-19(26)11-18-13-28-21(24-18)25-20(27)23-17-5-3-4-15(2)10-17/h3-10,13H,11-12H2,1-2H3,(H,22,26)(H2,23,24,25,27). The zero-order valence-electron chi connectivity index (χ0n) is 15.8. The molecule has 3 amide bonds. The van der Waals surface area contributed by atoms with E-state index >= 15 is 0 Å². The van der Waals surface area contributed by atoms with E-state index in [1.54, 1.807) is 5.38 Å². The van der Waals surface area contributed by atoms with Gasteiger partial charge in [-0.25, -0.2) is 9.78 Å². The number of aryl methyl sites for hydroxylation is 2. The van der Waals surface area contributed by atoms with Gasteiger partial charge >= 0.3 is 6.03 Å². The highest BCUT2D eigenvalue weighted by atomic mass is 32.1. The van der Waals surface area contributed by atoms with Gasteiger partial charge in [-0.3, -0.25) is 10.1 Å². The molecule has 1 aromatic heterocycles. The summed E-state index contributed by atoms with van der Waals surface area (Å²) in [7, 11) is 0. The number of carbonyl (C=O) groups excluding carboxylic acids is 2. The van der Waals surface area contributed by atoms with Crippen LogP contribution in [0.4, 0.5) is 15.6 Å². The van der Waals surface area contributed by atoms with Crippen LogP contribution in [0, 0.1) is 13.8 Å². The van der Waals surface area contributed by atoms with Crippen molar-refractivity contribution in [3.63, 3.8) is 0 Å². The maximum absolute atomic E-state index is 12.1. The molecule has 3 aromatic rings. The molecule has 0 fully saturated rings. The smallest absolute Gasteiger partial charge is 0.325 e. The molecule has 0 spiro atoms. The third-order valence-corrected chi connectivity index (χ3v) is 4.81. The van der Waals surface area contributed by atoms with Crippen molar-refractivity contribution < 1.29 is 9.59 Å². The van der Waals surface area contributed by atoms with Gasteiger partial charge in [0, 0.05) is 17.6 Å². The second-order valence-electron chi connectivity index (χ2n) is 6.53. The van der Waals surface area contributed by atoms with Crippen LogP contribution in [0.2, 0.25) is 0 Å². The Morgan fingerprint density at radius 2 is 1.79 bits per heavy atom. The molecule has 1 heterocycles. The third-order valence-electron chi connectivity index (χ3n) is 4.00. The van der Waals surface area contributed by atoms with Gasteiger partial charge in [-0.1, -0.05) is 42.0 Å². The monoisotopic (exact) mass is 394 g/mol. The normalized spacial score (nSPS) is 10.4. The number of nitrogens with one attached hydrogen (secondary N) is 3. The summed E-state index contributed by atoms with van der Waals surface area (Å²) >= 11 is 1.29. The first-order valence-corrected chi connectivity index (χ1v) is 9.77. The number of amides is 3. The van der Waals surface area contributed by atoms with Crippen molar-refractivity contribution >= 4 is 34.1 Å². The zero-order valence-corrected chi connectivity index (χ0v) is 16.6. The van der Waals surface area contributed by atoms with Crippen molar-refractivity contribution in [3.8, 4) is 0 Å². The summed E-state index contributed by atoms with van der Waals surface area (Å²) in [4.78, 5) is 28.5. The fourth-order valence-corrected chi connectivity index (χ4v) is 3.27. The minimum absolute atomic E-state index is 0.110. The maximum Gasteiger partial charge on any atom is 0.325 e. The largest absolute Gasteiger partial charge is 0.352 e. The lowest BCUT2D eigenvalue weighted by Crippen LogP contribution is -2.24. The summed E-state index contributed by atoms with van der Waals surface area (Å²) in [5.74, 6) is -0.110. The molecule has 0 atom stereocenters. The SMILES string of the molecule is Cc1ccc(CNC(=O)Cc2csc(NC(=O)Nc3cccc(C)c3)n2)cc1. The fraction of sp³-hybridized carbons (Fsp3) is 0.190. The molecule has 6 nitrogen and oxygen atoms in total. The molecule has 0 aliphatic rings. The first-order valence-electron chi connectivity index (χ1n) is 8.89. The van der Waals surface area contributed by atoms with Gasteiger partial charge < -0.3 is 10.6 Å². The quantitative estimate of drug-likeness (QED) is 0.584. The second kappa shape index (κ2) is 9.14. The molecule has 3 N–H and O–H groups in total. The van der Waals surface area contributed by atoms with E-state index in [0.717, 1.165) is 11.1 Å². The Morgan fingerprint density at radius 1 is 1.00 bits per heavy atom. The van der Waals surface area contributed by atoms with E-state index in [1.165, 1.54) is 16.9 Å². The highest BCUT2D eigenvalue weighted by molar-refractivity contribution is 7.14. The Hall–Kier alpha value is -3.19. The molecule has 0 saturated carbocycles. The van der Waals surface area contributed by atoms with Gasteiger partial charge in [0.1, 0.15) is 0 Å². The minimum Gasteiger partial charge on any atom is -0.352 e. The molecule has 0 aliphatic carbocycles. The number of hydrogen-bond donors (Lipinski definition) is 3. The van der Waals surface area contributed by atoms with Crippen molar-refractivity contribution in [3.05, 3.63) is 76.3 Å². The molecule has 3 rings (SSSR count). The lowest BCUT2D eigenvalue weighted by atomic mass is 10.1. The van der Waals surface area contributed by atoms with Crippen LogP contribution in [0.1, 0.15) is 22.4 Å². The minimum atomic E-state index is -0.365. The van der Waals surface area contributed by atoms with Crippen LogP contribution in [-0.4, -0.2) is 16.9 Å². The van der Waals surface area contributed by atoms with Crippen LogP contribution in [0.15, 0.2) is 53.9 Å². The number of carbonyl (C=O) groups is 2. The lowest BCUT2D eigenvalue weighted by molar-refractivity contribution is -0.120. The van der Waals surface area contributed by atoms with Crippen molar-refractivity contribution in [2.45, 2.75) is 26.8 Å². The van der Waals surface area contributed by atoms with Crippen molar-refractivity contribution in [2.24, 2.45) is 0 Å². The molecule has 0 unspecified atom stereocenters. The average Bonchev–Trinajstić information content (AvgIpc) is 3.07.